The van der Waals surface area contributed by atoms with E-state index in [1.165, 1.54) is 6.07 Å². The predicted octanol–water partition coefficient (Wildman–Crippen LogP) is 2.75. The molecule has 0 radical (unpaired) electrons. The lowest BCUT2D eigenvalue weighted by atomic mass is 9.97. The highest BCUT2D eigenvalue weighted by atomic mass is 35.5. The van der Waals surface area contributed by atoms with Crippen LogP contribution in [0.15, 0.2) is 12.1 Å². The molecular formula is C13H14Cl2N2O4. The molecule has 114 valence electrons. The topological polar surface area (TPSA) is 83.7 Å². The highest BCUT2D eigenvalue weighted by molar-refractivity contribution is 6.43. The number of amides is 1. The highest BCUT2D eigenvalue weighted by Gasteiger charge is 2.26. The van der Waals surface area contributed by atoms with Gasteiger partial charge in [0.2, 0.25) is 0 Å². The number of aliphatic hydroxyl groups excluding tert-OH is 1. The van der Waals surface area contributed by atoms with E-state index in [4.69, 9.17) is 28.3 Å². The summed E-state index contributed by atoms with van der Waals surface area (Å²) in [6, 6.07) is 2.49. The molecule has 6 nitrogen and oxygen atoms in total. The molecule has 1 heterocycles. The Morgan fingerprint density at radius 3 is 2.52 bits per heavy atom. The maximum Gasteiger partial charge on any atom is 0.290 e. The van der Waals surface area contributed by atoms with E-state index < -0.39 is 4.92 Å². The normalized spacial score (nSPS) is 16.0. The van der Waals surface area contributed by atoms with Gasteiger partial charge in [-0.1, -0.05) is 23.2 Å². The van der Waals surface area contributed by atoms with Crippen LogP contribution in [0.25, 0.3) is 0 Å². The van der Waals surface area contributed by atoms with E-state index in [0.717, 1.165) is 6.07 Å². The van der Waals surface area contributed by atoms with Crippen LogP contribution < -0.4 is 0 Å². The van der Waals surface area contributed by atoms with Gasteiger partial charge in [-0.15, -0.1) is 0 Å². The van der Waals surface area contributed by atoms with Crippen LogP contribution in [0.1, 0.15) is 23.2 Å². The minimum atomic E-state index is -0.664. The first-order chi connectivity index (χ1) is 9.93. The van der Waals surface area contributed by atoms with Crippen LogP contribution in [0, 0.1) is 16.0 Å². The van der Waals surface area contributed by atoms with Crippen LogP contribution in [-0.2, 0) is 0 Å². The van der Waals surface area contributed by atoms with Crippen LogP contribution in [0.2, 0.25) is 10.0 Å². The monoisotopic (exact) mass is 332 g/mol. The molecule has 8 heteroatoms. The Bertz CT molecular complexity index is 572. The first-order valence-electron chi connectivity index (χ1n) is 6.47. The molecule has 1 fully saturated rings. The molecule has 1 aliphatic heterocycles. The lowest BCUT2D eigenvalue weighted by Gasteiger charge is -2.31. The third kappa shape index (κ3) is 3.45. The van der Waals surface area contributed by atoms with Gasteiger partial charge in [0.15, 0.2) is 0 Å². The average Bonchev–Trinajstić information content (AvgIpc) is 2.49. The fourth-order valence-corrected chi connectivity index (χ4v) is 2.72. The van der Waals surface area contributed by atoms with Crippen molar-refractivity contribution in [2.75, 3.05) is 19.7 Å². The minimum absolute atomic E-state index is 0.0144. The summed E-state index contributed by atoms with van der Waals surface area (Å²) in [5.74, 6) is -0.106. The Morgan fingerprint density at radius 1 is 1.38 bits per heavy atom. The molecule has 0 aliphatic carbocycles. The predicted molar refractivity (Wildman–Crippen MR) is 78.8 cm³/mol. The average molecular weight is 333 g/mol. The molecule has 0 aromatic heterocycles. The lowest BCUT2D eigenvalue weighted by Crippen LogP contribution is -2.39. The Morgan fingerprint density at radius 2 is 2.00 bits per heavy atom. The molecule has 0 bridgehead atoms. The second kappa shape index (κ2) is 6.60. The molecule has 0 atom stereocenters. The van der Waals surface area contributed by atoms with Crippen molar-refractivity contribution in [3.05, 3.63) is 37.9 Å². The van der Waals surface area contributed by atoms with Gasteiger partial charge >= 0.3 is 0 Å². The largest absolute Gasteiger partial charge is 0.396 e. The maximum absolute atomic E-state index is 12.4. The number of carbonyl (C=O) groups is 1. The zero-order chi connectivity index (χ0) is 15.6. The molecule has 21 heavy (non-hydrogen) atoms. The SMILES string of the molecule is O=C(c1cc(Cl)c(Cl)c([N+](=O)[O-])c1)N1CCC(CO)CC1. The number of nitro benzene ring substituents is 1. The number of benzene rings is 1. The lowest BCUT2D eigenvalue weighted by molar-refractivity contribution is -0.384. The number of nitro groups is 1. The first kappa shape index (κ1) is 16.0. The van der Waals surface area contributed by atoms with Crippen molar-refractivity contribution in [2.45, 2.75) is 12.8 Å². The number of nitrogens with zero attached hydrogens (tertiary/aromatic N) is 2. The summed E-state index contributed by atoms with van der Waals surface area (Å²) in [6.07, 6.45) is 1.43. The molecule has 2 rings (SSSR count). The molecule has 1 aromatic carbocycles. The Labute approximate surface area is 131 Å². The van der Waals surface area contributed by atoms with Crippen molar-refractivity contribution in [1.29, 1.82) is 0 Å². The Balaban J connectivity index is 2.22. The van der Waals surface area contributed by atoms with Crippen LogP contribution in [0.3, 0.4) is 0 Å². The van der Waals surface area contributed by atoms with Crippen LogP contribution in [-0.4, -0.2) is 40.5 Å². The van der Waals surface area contributed by atoms with Gasteiger partial charge in [0.25, 0.3) is 11.6 Å². The van der Waals surface area contributed by atoms with Gasteiger partial charge in [0.05, 0.1) is 9.95 Å². The van der Waals surface area contributed by atoms with Gasteiger partial charge in [0, 0.05) is 31.3 Å². The highest BCUT2D eigenvalue weighted by Crippen LogP contribution is 2.33. The molecule has 1 N–H and O–H groups in total. The van der Waals surface area contributed by atoms with Gasteiger partial charge in [-0.2, -0.15) is 0 Å². The van der Waals surface area contributed by atoms with Crippen molar-refractivity contribution in [2.24, 2.45) is 5.92 Å². The fraction of sp³-hybridized carbons (Fsp3) is 0.462. The zero-order valence-electron chi connectivity index (χ0n) is 11.1. The Kier molecular flexibility index (Phi) is 5.03. The van der Waals surface area contributed by atoms with Gasteiger partial charge in [-0.05, 0) is 24.8 Å². The van der Waals surface area contributed by atoms with Gasteiger partial charge in [0.1, 0.15) is 5.02 Å². The number of piperidine rings is 1. The maximum atomic E-state index is 12.4. The quantitative estimate of drug-likeness (QED) is 0.681. The number of rotatable bonds is 3. The van der Waals surface area contributed by atoms with Gasteiger partial charge in [-0.3, -0.25) is 14.9 Å². The van der Waals surface area contributed by atoms with E-state index in [-0.39, 0.29) is 39.7 Å². The van der Waals surface area contributed by atoms with Crippen LogP contribution >= 0.6 is 23.2 Å². The molecule has 1 aliphatic rings. The summed E-state index contributed by atoms with van der Waals surface area (Å²) in [5, 5.41) is 19.8. The standard InChI is InChI=1S/C13H14Cl2N2O4/c14-10-5-9(6-11(12(10)15)17(20)21)13(19)16-3-1-8(7-18)2-4-16/h5-6,8,18H,1-4,7H2. The van der Waals surface area contributed by atoms with Crippen molar-refractivity contribution in [3.63, 3.8) is 0 Å². The van der Waals surface area contributed by atoms with Crippen molar-refractivity contribution >= 4 is 34.8 Å². The zero-order valence-corrected chi connectivity index (χ0v) is 12.6. The van der Waals surface area contributed by atoms with E-state index in [1.807, 2.05) is 0 Å². The molecule has 1 amide bonds. The summed E-state index contributed by atoms with van der Waals surface area (Å²) >= 11 is 11.6. The smallest absolute Gasteiger partial charge is 0.290 e. The van der Waals surface area contributed by atoms with Crippen molar-refractivity contribution in [3.8, 4) is 0 Å². The summed E-state index contributed by atoms with van der Waals surface area (Å²) < 4.78 is 0. The minimum Gasteiger partial charge on any atom is -0.396 e. The number of aliphatic hydroxyl groups is 1. The number of halogens is 2. The third-order valence-electron chi connectivity index (χ3n) is 3.61. The summed E-state index contributed by atoms with van der Waals surface area (Å²) in [4.78, 5) is 24.2. The van der Waals surface area contributed by atoms with Crippen molar-refractivity contribution < 1.29 is 14.8 Å². The second-order valence-corrected chi connectivity index (χ2v) is 5.75. The van der Waals surface area contributed by atoms with E-state index >= 15 is 0 Å². The van der Waals surface area contributed by atoms with Gasteiger partial charge < -0.3 is 10.0 Å². The number of hydrogen-bond acceptors (Lipinski definition) is 4. The number of carbonyl (C=O) groups excluding carboxylic acids is 1. The van der Waals surface area contributed by atoms with E-state index in [0.29, 0.717) is 25.9 Å². The van der Waals surface area contributed by atoms with E-state index in [1.54, 1.807) is 4.90 Å². The molecule has 0 saturated carbocycles. The Hall–Kier alpha value is -1.37. The van der Waals surface area contributed by atoms with E-state index in [2.05, 4.69) is 0 Å². The molecular weight excluding hydrogens is 319 g/mol. The molecule has 0 unspecified atom stereocenters. The summed E-state index contributed by atoms with van der Waals surface area (Å²) in [7, 11) is 0. The van der Waals surface area contributed by atoms with Crippen LogP contribution in [0.5, 0.6) is 0 Å². The molecule has 1 aromatic rings. The second-order valence-electron chi connectivity index (χ2n) is 4.97. The van der Waals surface area contributed by atoms with Crippen LogP contribution in [0.4, 0.5) is 5.69 Å². The van der Waals surface area contributed by atoms with Gasteiger partial charge in [-0.25, -0.2) is 0 Å². The summed E-state index contributed by atoms with van der Waals surface area (Å²) in [6.45, 7) is 1.14. The number of hydrogen-bond donors (Lipinski definition) is 1. The fourth-order valence-electron chi connectivity index (χ4n) is 2.33. The summed E-state index contributed by atoms with van der Waals surface area (Å²) in [5.41, 5.74) is -0.226. The molecule has 1 saturated heterocycles. The first-order valence-corrected chi connectivity index (χ1v) is 7.23. The third-order valence-corrected chi connectivity index (χ3v) is 4.40. The van der Waals surface area contributed by atoms with Crippen molar-refractivity contribution in [1.82, 2.24) is 4.90 Å². The van der Waals surface area contributed by atoms with E-state index in [9.17, 15) is 14.9 Å². The molecule has 0 spiro atoms. The number of likely N-dealkylation sites (tertiary alicyclic amines) is 1.